The van der Waals surface area contributed by atoms with Gasteiger partial charge in [-0.3, -0.25) is 23.2 Å². The lowest BCUT2D eigenvalue weighted by Crippen LogP contribution is -2.14. The van der Waals surface area contributed by atoms with E-state index in [-0.39, 0.29) is 50.8 Å². The fourth-order valence-corrected chi connectivity index (χ4v) is 7.77. The topological polar surface area (TPSA) is 302 Å². The van der Waals surface area contributed by atoms with Crippen LogP contribution in [0.3, 0.4) is 0 Å². The highest BCUT2D eigenvalue weighted by Crippen LogP contribution is 2.36. The zero-order chi connectivity index (χ0) is 37.8. The number of rotatable bonds is 10. The van der Waals surface area contributed by atoms with Crippen LogP contribution in [0.4, 0.5) is 17.1 Å². The monoisotopic (exact) mass is 793 g/mol. The van der Waals surface area contributed by atoms with Crippen LogP contribution in [0.15, 0.2) is 81.4 Å². The maximum Gasteiger partial charge on any atom is 0.296 e. The highest BCUT2D eigenvalue weighted by molar-refractivity contribution is 7.90. The predicted molar refractivity (Wildman–Crippen MR) is 183 cm³/mol. The summed E-state index contributed by atoms with van der Waals surface area (Å²) in [5.74, 6) is -2.05. The molecule has 0 aliphatic carbocycles. The molecule has 0 unspecified atom stereocenters. The molecule has 0 aliphatic heterocycles. The first kappa shape index (κ1) is 40.1. The van der Waals surface area contributed by atoms with Crippen LogP contribution in [0.1, 0.15) is 22.8 Å². The van der Waals surface area contributed by atoms with Gasteiger partial charge in [-0.25, -0.2) is 8.42 Å². The second-order valence-electron chi connectivity index (χ2n) is 10.3. The zero-order valence-electron chi connectivity index (χ0n) is 25.4. The molecule has 4 aromatic rings. The Balaban J connectivity index is 0.000000274. The lowest BCUT2D eigenvalue weighted by atomic mass is 10.1. The largest absolute Gasteiger partial charge is 0.507 e. The van der Waals surface area contributed by atoms with E-state index in [0.29, 0.717) is 5.56 Å². The molecule has 4 rings (SSSR count). The van der Waals surface area contributed by atoms with Gasteiger partial charge in [0.1, 0.15) is 10.6 Å². The second kappa shape index (κ2) is 15.3. The number of hydrogen-bond acceptors (Lipinski definition) is 12. The van der Waals surface area contributed by atoms with Gasteiger partial charge in [-0.15, -0.1) is 11.6 Å². The number of benzene rings is 4. The lowest BCUT2D eigenvalue weighted by molar-refractivity contribution is -0.114. The van der Waals surface area contributed by atoms with Crippen molar-refractivity contribution in [2.75, 3.05) is 28.0 Å². The molecule has 0 aliphatic rings. The van der Waals surface area contributed by atoms with E-state index < -0.39 is 72.4 Å². The van der Waals surface area contributed by atoms with Crippen molar-refractivity contribution in [3.63, 3.8) is 0 Å². The Bertz CT molecular complexity index is 2410. The van der Waals surface area contributed by atoms with Crippen LogP contribution in [0.25, 0.3) is 10.8 Å². The summed E-state index contributed by atoms with van der Waals surface area (Å²) >= 11 is 5.45. The van der Waals surface area contributed by atoms with Crippen molar-refractivity contribution in [3.05, 3.63) is 77.9 Å². The number of fused-ring (bicyclic) bond motifs is 1. The van der Waals surface area contributed by atoms with Gasteiger partial charge in [0, 0.05) is 35.5 Å². The first-order chi connectivity index (χ1) is 22.9. The highest BCUT2D eigenvalue weighted by Gasteiger charge is 2.20. The van der Waals surface area contributed by atoms with E-state index in [0.717, 1.165) is 37.3 Å². The van der Waals surface area contributed by atoms with Crippen LogP contribution >= 0.6 is 11.6 Å². The van der Waals surface area contributed by atoms with Gasteiger partial charge >= 0.3 is 0 Å². The highest BCUT2D eigenvalue weighted by atomic mass is 35.5. The molecule has 0 fully saturated rings. The number of nitrogens with one attached hydrogen (secondary N) is 2. The molecule has 50 heavy (non-hydrogen) atoms. The average molecular weight is 794 g/mol. The fraction of sp³-hybridized carbons (Fsp3) is 0.143. The number of phenols is 1. The number of nitrogens with two attached hydrogens (primary N) is 1. The standard InChI is InChI=1S/C16H17ClN2O6S2.C12H11NO8S2/c17-7-8-26(21,22)10-11-1-3-12(4-2-11)16(20)19-13-5-6-14(18)15(9-13)27(23,24)25;1-6(14)13-10-4-8(22(16,17)18)2-7-3-9(23(19,20)21)5-11(15)12(7)10/h1-6,9H,7-8,10,18H2,(H,19,20)(H,23,24,25);2-5,15H,1H3,(H,13,14)(H,16,17,18)(H,19,20,21). The third kappa shape index (κ3) is 10.8. The van der Waals surface area contributed by atoms with E-state index in [1.807, 2.05) is 0 Å². The van der Waals surface area contributed by atoms with E-state index in [1.165, 1.54) is 36.4 Å². The minimum atomic E-state index is -4.66. The quantitative estimate of drug-likeness (QED) is 0.0690. The van der Waals surface area contributed by atoms with Gasteiger partial charge in [-0.05, 0) is 59.5 Å². The molecule has 270 valence electrons. The summed E-state index contributed by atoms with van der Waals surface area (Å²) in [6, 6.07) is 13.0. The maximum absolute atomic E-state index is 12.3. The van der Waals surface area contributed by atoms with Gasteiger partial charge in [-0.1, -0.05) is 12.1 Å². The molecule has 0 aromatic heterocycles. The number of amides is 2. The van der Waals surface area contributed by atoms with Crippen LogP contribution in [0.2, 0.25) is 0 Å². The Kier molecular flexibility index (Phi) is 12.2. The number of carbonyl (C=O) groups excluding carboxylic acids is 2. The summed E-state index contributed by atoms with van der Waals surface area (Å²) in [7, 11) is -17.2. The van der Waals surface area contributed by atoms with E-state index in [4.69, 9.17) is 31.0 Å². The number of sulfone groups is 1. The predicted octanol–water partition coefficient (Wildman–Crippen LogP) is 2.92. The number of carbonyl (C=O) groups is 2. The van der Waals surface area contributed by atoms with Gasteiger partial charge in [0.2, 0.25) is 5.91 Å². The van der Waals surface area contributed by atoms with Crippen LogP contribution < -0.4 is 16.4 Å². The Labute approximate surface area is 291 Å². The van der Waals surface area contributed by atoms with Crippen molar-refractivity contribution >= 4 is 91.4 Å². The van der Waals surface area contributed by atoms with Gasteiger partial charge in [0.25, 0.3) is 36.3 Å². The Morgan fingerprint density at radius 1 is 0.760 bits per heavy atom. The van der Waals surface area contributed by atoms with Crippen LogP contribution in [0.5, 0.6) is 5.75 Å². The number of alkyl halides is 1. The number of nitrogen functional groups attached to an aromatic ring is 1. The van der Waals surface area contributed by atoms with Crippen molar-refractivity contribution in [3.8, 4) is 5.75 Å². The van der Waals surface area contributed by atoms with Crippen molar-refractivity contribution in [2.24, 2.45) is 0 Å². The smallest absolute Gasteiger partial charge is 0.296 e. The van der Waals surface area contributed by atoms with Gasteiger partial charge in [0.15, 0.2) is 9.84 Å². The van der Waals surface area contributed by atoms with Crippen molar-refractivity contribution in [1.82, 2.24) is 0 Å². The molecule has 2 amide bonds. The first-order valence-corrected chi connectivity index (χ1v) is 20.2. The molecule has 0 saturated heterocycles. The molecule has 0 radical (unpaired) electrons. The van der Waals surface area contributed by atoms with Crippen LogP contribution in [-0.2, 0) is 50.7 Å². The Morgan fingerprint density at radius 2 is 1.32 bits per heavy atom. The lowest BCUT2D eigenvalue weighted by Gasteiger charge is -2.12. The fourth-order valence-electron chi connectivity index (χ4n) is 4.26. The minimum Gasteiger partial charge on any atom is -0.507 e. The van der Waals surface area contributed by atoms with Crippen molar-refractivity contribution in [1.29, 1.82) is 0 Å². The number of anilines is 3. The summed E-state index contributed by atoms with van der Waals surface area (Å²) < 4.78 is 118. The third-order valence-corrected chi connectivity index (χ3v) is 11.0. The Morgan fingerprint density at radius 3 is 1.82 bits per heavy atom. The van der Waals surface area contributed by atoms with Crippen LogP contribution in [-0.4, -0.2) is 75.9 Å². The van der Waals surface area contributed by atoms with Gasteiger partial charge < -0.3 is 21.5 Å². The third-order valence-electron chi connectivity index (χ3n) is 6.42. The molecule has 22 heteroatoms. The van der Waals surface area contributed by atoms with E-state index in [9.17, 15) is 48.4 Å². The summed E-state index contributed by atoms with van der Waals surface area (Å²) in [4.78, 5) is 21.7. The second-order valence-corrected chi connectivity index (χ2v) is 17.1. The molecule has 8 N–H and O–H groups in total. The first-order valence-electron chi connectivity index (χ1n) is 13.5. The molecule has 0 spiro atoms. The normalized spacial score (nSPS) is 12.1. The molecule has 17 nitrogen and oxygen atoms in total. The van der Waals surface area contributed by atoms with Crippen molar-refractivity contribution < 1.29 is 62.0 Å². The molecule has 0 saturated carbocycles. The van der Waals surface area contributed by atoms with Crippen LogP contribution in [0, 0.1) is 0 Å². The van der Waals surface area contributed by atoms with Crippen molar-refractivity contribution in [2.45, 2.75) is 27.4 Å². The molecule has 4 aromatic carbocycles. The molecule has 0 heterocycles. The number of phenolic OH excluding ortho intramolecular Hbond substituents is 1. The molecular weight excluding hydrogens is 766 g/mol. The minimum absolute atomic E-state index is 0.00988. The number of aromatic hydroxyl groups is 1. The summed E-state index contributed by atoms with van der Waals surface area (Å²) in [5.41, 5.74) is 6.06. The zero-order valence-corrected chi connectivity index (χ0v) is 29.5. The van der Waals surface area contributed by atoms with Gasteiger partial charge in [-0.2, -0.15) is 25.3 Å². The maximum atomic E-state index is 12.3. The van der Waals surface area contributed by atoms with E-state index in [1.54, 1.807) is 0 Å². The number of halogens is 1. The molecule has 0 atom stereocenters. The SMILES string of the molecule is CC(=O)Nc1cc(S(=O)(=O)O)cc2cc(S(=O)(=O)O)cc(O)c12.Nc1ccc(NC(=O)c2ccc(CS(=O)(=O)CCCl)cc2)cc1S(=O)(=O)O. The summed E-state index contributed by atoms with van der Waals surface area (Å²) in [6.45, 7) is 1.13. The summed E-state index contributed by atoms with van der Waals surface area (Å²) in [5, 5.41) is 14.5. The van der Waals surface area contributed by atoms with E-state index >= 15 is 0 Å². The molecular formula is C28H28ClN3O14S4. The molecule has 0 bridgehead atoms. The van der Waals surface area contributed by atoms with Gasteiger partial charge in [0.05, 0.1) is 32.7 Å². The number of hydrogen-bond donors (Lipinski definition) is 7. The Hall–Kier alpha value is -4.35. The average Bonchev–Trinajstić information content (AvgIpc) is 2.96. The summed E-state index contributed by atoms with van der Waals surface area (Å²) in [6.07, 6.45) is 0. The van der Waals surface area contributed by atoms with E-state index in [2.05, 4.69) is 10.6 Å².